The maximum absolute atomic E-state index is 6.21. The highest BCUT2D eigenvalue weighted by atomic mass is 14.8. The lowest BCUT2D eigenvalue weighted by molar-refractivity contribution is 0.374. The van der Waals surface area contributed by atoms with Crippen molar-refractivity contribution < 1.29 is 0 Å². The first-order valence-electron chi connectivity index (χ1n) is 7.24. The van der Waals surface area contributed by atoms with Crippen molar-refractivity contribution in [1.82, 2.24) is 0 Å². The van der Waals surface area contributed by atoms with Gasteiger partial charge in [-0.3, -0.25) is 0 Å². The summed E-state index contributed by atoms with van der Waals surface area (Å²) in [5, 5.41) is 0. The largest absolute Gasteiger partial charge is 0.327 e. The lowest BCUT2D eigenvalue weighted by Gasteiger charge is -2.12. The van der Waals surface area contributed by atoms with Crippen LogP contribution in [-0.2, 0) is 0 Å². The molecule has 0 aromatic carbocycles. The SMILES string of the molecule is CCC1C(C)C1CC(C)C1C(N)C1C(C)C. The molecule has 0 amide bonds. The molecule has 7 atom stereocenters. The summed E-state index contributed by atoms with van der Waals surface area (Å²) in [5.41, 5.74) is 6.21. The number of hydrogen-bond donors (Lipinski definition) is 1. The molecule has 2 rings (SSSR count). The maximum atomic E-state index is 6.21. The van der Waals surface area contributed by atoms with Crippen molar-refractivity contribution in [1.29, 1.82) is 0 Å². The summed E-state index contributed by atoms with van der Waals surface area (Å²) < 4.78 is 0. The second kappa shape index (κ2) is 4.33. The second-order valence-electron chi connectivity index (χ2n) is 6.78. The molecule has 0 spiro atoms. The van der Waals surface area contributed by atoms with Crippen molar-refractivity contribution in [2.45, 2.75) is 53.5 Å². The Morgan fingerprint density at radius 1 is 1.06 bits per heavy atom. The van der Waals surface area contributed by atoms with Gasteiger partial charge in [0.15, 0.2) is 0 Å². The molecular weight excluding hydrogens is 194 g/mol. The van der Waals surface area contributed by atoms with E-state index < -0.39 is 0 Å². The number of rotatable bonds is 5. The van der Waals surface area contributed by atoms with Gasteiger partial charge in [-0.2, -0.15) is 0 Å². The normalized spacial score (nSPS) is 48.2. The van der Waals surface area contributed by atoms with Gasteiger partial charge in [0.25, 0.3) is 0 Å². The zero-order valence-corrected chi connectivity index (χ0v) is 11.6. The van der Waals surface area contributed by atoms with Gasteiger partial charge in [0, 0.05) is 6.04 Å². The molecule has 0 aromatic heterocycles. The quantitative estimate of drug-likeness (QED) is 0.758. The lowest BCUT2D eigenvalue weighted by Crippen LogP contribution is -2.09. The molecular formula is C15H29N. The highest BCUT2D eigenvalue weighted by molar-refractivity contribution is 5.06. The Balaban J connectivity index is 1.80. The van der Waals surface area contributed by atoms with Crippen LogP contribution in [0.4, 0.5) is 0 Å². The zero-order valence-electron chi connectivity index (χ0n) is 11.6. The molecule has 1 heteroatoms. The third-order valence-corrected chi connectivity index (χ3v) is 5.49. The van der Waals surface area contributed by atoms with Crippen LogP contribution in [0, 0.1) is 41.4 Å². The first-order chi connectivity index (χ1) is 7.49. The van der Waals surface area contributed by atoms with Crippen molar-refractivity contribution in [3.63, 3.8) is 0 Å². The van der Waals surface area contributed by atoms with E-state index in [9.17, 15) is 0 Å². The summed E-state index contributed by atoms with van der Waals surface area (Å²) in [6, 6.07) is 0.504. The van der Waals surface area contributed by atoms with Gasteiger partial charge in [-0.25, -0.2) is 0 Å². The minimum absolute atomic E-state index is 0.504. The molecule has 94 valence electrons. The topological polar surface area (TPSA) is 26.0 Å². The van der Waals surface area contributed by atoms with E-state index in [1.807, 2.05) is 0 Å². The van der Waals surface area contributed by atoms with Crippen LogP contribution in [0.25, 0.3) is 0 Å². The molecule has 0 aliphatic heterocycles. The monoisotopic (exact) mass is 223 g/mol. The van der Waals surface area contributed by atoms with E-state index in [0.29, 0.717) is 6.04 Å². The fourth-order valence-corrected chi connectivity index (χ4v) is 4.32. The molecule has 7 unspecified atom stereocenters. The summed E-state index contributed by atoms with van der Waals surface area (Å²) in [6.45, 7) is 11.9. The summed E-state index contributed by atoms with van der Waals surface area (Å²) in [7, 11) is 0. The lowest BCUT2D eigenvalue weighted by atomic mass is 9.93. The smallest absolute Gasteiger partial charge is 0.0107 e. The standard InChI is InChI=1S/C15H29N/c1-6-11-10(5)12(11)7-9(4)14-13(8(2)3)15(14)16/h8-15H,6-7,16H2,1-5H3. The maximum Gasteiger partial charge on any atom is 0.0107 e. The number of hydrogen-bond acceptors (Lipinski definition) is 1. The average Bonchev–Trinajstić information content (AvgIpc) is 3.04. The fourth-order valence-electron chi connectivity index (χ4n) is 4.32. The average molecular weight is 223 g/mol. The summed E-state index contributed by atoms with van der Waals surface area (Å²) >= 11 is 0. The van der Waals surface area contributed by atoms with E-state index in [4.69, 9.17) is 5.73 Å². The van der Waals surface area contributed by atoms with Gasteiger partial charge in [-0.15, -0.1) is 0 Å². The highest BCUT2D eigenvalue weighted by Crippen LogP contribution is 2.56. The Labute approximate surface area is 101 Å². The molecule has 0 heterocycles. The molecule has 0 radical (unpaired) electrons. The highest BCUT2D eigenvalue weighted by Gasteiger charge is 2.54. The van der Waals surface area contributed by atoms with E-state index in [-0.39, 0.29) is 0 Å². The van der Waals surface area contributed by atoms with Gasteiger partial charge in [-0.1, -0.05) is 41.0 Å². The van der Waals surface area contributed by atoms with Crippen molar-refractivity contribution in [2.75, 3.05) is 0 Å². The third-order valence-electron chi connectivity index (χ3n) is 5.49. The van der Waals surface area contributed by atoms with Crippen LogP contribution in [-0.4, -0.2) is 6.04 Å². The Hall–Kier alpha value is -0.0400. The fraction of sp³-hybridized carbons (Fsp3) is 1.00. The molecule has 16 heavy (non-hydrogen) atoms. The summed E-state index contributed by atoms with van der Waals surface area (Å²) in [4.78, 5) is 0. The van der Waals surface area contributed by atoms with E-state index in [1.54, 1.807) is 0 Å². The van der Waals surface area contributed by atoms with E-state index >= 15 is 0 Å². The van der Waals surface area contributed by atoms with Crippen LogP contribution in [0.1, 0.15) is 47.5 Å². The van der Waals surface area contributed by atoms with Crippen LogP contribution in [0.5, 0.6) is 0 Å². The van der Waals surface area contributed by atoms with Gasteiger partial charge in [0.05, 0.1) is 0 Å². The van der Waals surface area contributed by atoms with Crippen LogP contribution < -0.4 is 5.73 Å². The van der Waals surface area contributed by atoms with Crippen LogP contribution >= 0.6 is 0 Å². The Kier molecular flexibility index (Phi) is 3.36. The molecule has 2 aliphatic rings. The third kappa shape index (κ3) is 2.03. The van der Waals surface area contributed by atoms with Gasteiger partial charge < -0.3 is 5.73 Å². The van der Waals surface area contributed by atoms with E-state index in [1.165, 1.54) is 12.8 Å². The first kappa shape index (κ1) is 12.4. The first-order valence-corrected chi connectivity index (χ1v) is 7.24. The van der Waals surface area contributed by atoms with E-state index in [0.717, 1.165) is 41.4 Å². The molecule has 2 fully saturated rings. The molecule has 2 saturated carbocycles. The molecule has 2 N–H and O–H groups in total. The summed E-state index contributed by atoms with van der Waals surface area (Å²) in [5.74, 6) is 6.29. The predicted octanol–water partition coefficient (Wildman–Crippen LogP) is 3.53. The van der Waals surface area contributed by atoms with Crippen LogP contribution in [0.3, 0.4) is 0 Å². The Bertz CT molecular complexity index is 248. The van der Waals surface area contributed by atoms with Gasteiger partial charge in [-0.05, 0) is 47.8 Å². The van der Waals surface area contributed by atoms with Gasteiger partial charge in [0.2, 0.25) is 0 Å². The number of nitrogens with two attached hydrogens (primary N) is 1. The van der Waals surface area contributed by atoms with Crippen LogP contribution in [0.15, 0.2) is 0 Å². The molecule has 0 aromatic rings. The minimum Gasteiger partial charge on any atom is -0.327 e. The second-order valence-corrected chi connectivity index (χ2v) is 6.78. The van der Waals surface area contributed by atoms with Crippen molar-refractivity contribution in [3.05, 3.63) is 0 Å². The zero-order chi connectivity index (χ0) is 12.0. The molecule has 1 nitrogen and oxygen atoms in total. The molecule has 0 saturated heterocycles. The Morgan fingerprint density at radius 3 is 2.06 bits per heavy atom. The van der Waals surface area contributed by atoms with Crippen molar-refractivity contribution in [3.8, 4) is 0 Å². The molecule has 2 aliphatic carbocycles. The van der Waals surface area contributed by atoms with E-state index in [2.05, 4.69) is 34.6 Å². The van der Waals surface area contributed by atoms with Crippen molar-refractivity contribution >= 4 is 0 Å². The van der Waals surface area contributed by atoms with Crippen molar-refractivity contribution in [2.24, 2.45) is 47.2 Å². The molecule has 0 bridgehead atoms. The van der Waals surface area contributed by atoms with Gasteiger partial charge in [0.1, 0.15) is 0 Å². The van der Waals surface area contributed by atoms with Crippen LogP contribution in [0.2, 0.25) is 0 Å². The Morgan fingerprint density at radius 2 is 1.69 bits per heavy atom. The predicted molar refractivity (Wildman–Crippen MR) is 70.0 cm³/mol. The minimum atomic E-state index is 0.504. The summed E-state index contributed by atoms with van der Waals surface area (Å²) in [6.07, 6.45) is 2.81. The van der Waals surface area contributed by atoms with Gasteiger partial charge >= 0.3 is 0 Å².